The van der Waals surface area contributed by atoms with E-state index in [1.807, 2.05) is 59.2 Å². The molecular weight excluding hydrogens is 394 g/mol. The maximum absolute atomic E-state index is 12.9. The summed E-state index contributed by atoms with van der Waals surface area (Å²) in [5.74, 6) is 1.12. The number of amides is 1. The Morgan fingerprint density at radius 3 is 2.63 bits per heavy atom. The molecule has 0 aliphatic carbocycles. The van der Waals surface area contributed by atoms with E-state index >= 15 is 0 Å². The van der Waals surface area contributed by atoms with E-state index in [4.69, 9.17) is 0 Å². The van der Waals surface area contributed by atoms with Crippen molar-refractivity contribution < 1.29 is 4.79 Å². The highest BCUT2D eigenvalue weighted by molar-refractivity contribution is 7.16. The van der Waals surface area contributed by atoms with Crippen molar-refractivity contribution in [3.8, 4) is 11.4 Å². The number of thiazole rings is 1. The Kier molecular flexibility index (Phi) is 5.29. The maximum Gasteiger partial charge on any atom is 0.253 e. The molecule has 1 amide bonds. The highest BCUT2D eigenvalue weighted by Gasteiger charge is 2.22. The first-order valence-electron chi connectivity index (χ1n) is 10.2. The average Bonchev–Trinajstić information content (AvgIpc) is 3.47. The number of aromatic nitrogens is 3. The zero-order chi connectivity index (χ0) is 20.3. The number of carbonyl (C=O) groups excluding carboxylic acids is 1. The van der Waals surface area contributed by atoms with E-state index in [0.29, 0.717) is 0 Å². The Morgan fingerprint density at radius 2 is 1.80 bits per heavy atom. The molecule has 0 bridgehead atoms. The van der Waals surface area contributed by atoms with Gasteiger partial charge in [-0.1, -0.05) is 30.3 Å². The minimum absolute atomic E-state index is 0.117. The summed E-state index contributed by atoms with van der Waals surface area (Å²) in [6.45, 7) is 5.14. The van der Waals surface area contributed by atoms with E-state index in [2.05, 4.69) is 31.6 Å². The molecule has 1 saturated heterocycles. The molecule has 0 unspecified atom stereocenters. The molecule has 2 aromatic carbocycles. The van der Waals surface area contributed by atoms with Gasteiger partial charge in [0.05, 0.1) is 15.7 Å². The molecule has 152 valence electrons. The van der Waals surface area contributed by atoms with Gasteiger partial charge in [-0.2, -0.15) is 0 Å². The summed E-state index contributed by atoms with van der Waals surface area (Å²) in [6, 6.07) is 16.1. The van der Waals surface area contributed by atoms with E-state index in [0.717, 1.165) is 66.4 Å². The molecule has 2 aromatic heterocycles. The van der Waals surface area contributed by atoms with Crippen LogP contribution >= 0.6 is 11.3 Å². The summed E-state index contributed by atoms with van der Waals surface area (Å²) in [4.78, 5) is 26.1. The highest BCUT2D eigenvalue weighted by atomic mass is 32.1. The first-order chi connectivity index (χ1) is 14.8. The minimum Gasteiger partial charge on any atom is -0.336 e. The molecule has 30 heavy (non-hydrogen) atoms. The van der Waals surface area contributed by atoms with Crippen LogP contribution < -0.4 is 0 Å². The molecule has 5 rings (SSSR count). The quantitative estimate of drug-likeness (QED) is 0.498. The summed E-state index contributed by atoms with van der Waals surface area (Å²) in [5, 5.41) is 0. The van der Waals surface area contributed by atoms with E-state index in [1.165, 1.54) is 0 Å². The first kappa shape index (κ1) is 19.0. The van der Waals surface area contributed by atoms with Crippen LogP contribution in [0.4, 0.5) is 0 Å². The van der Waals surface area contributed by atoms with Gasteiger partial charge in [0.15, 0.2) is 0 Å². The molecule has 1 aliphatic heterocycles. The van der Waals surface area contributed by atoms with Crippen molar-refractivity contribution >= 4 is 27.5 Å². The lowest BCUT2D eigenvalue weighted by Gasteiger charge is -2.34. The Labute approximate surface area is 179 Å². The number of hydrogen-bond donors (Lipinski definition) is 0. The third-order valence-corrected chi connectivity index (χ3v) is 6.43. The molecule has 3 heterocycles. The number of carbonyl (C=O) groups is 1. The minimum atomic E-state index is 0.117. The molecule has 1 fully saturated rings. The van der Waals surface area contributed by atoms with Crippen molar-refractivity contribution in [3.63, 3.8) is 0 Å². The van der Waals surface area contributed by atoms with Crippen molar-refractivity contribution in [2.24, 2.45) is 0 Å². The lowest BCUT2D eigenvalue weighted by atomic mass is 10.1. The van der Waals surface area contributed by atoms with Crippen LogP contribution in [0, 0.1) is 0 Å². The second kappa shape index (κ2) is 8.38. The van der Waals surface area contributed by atoms with Crippen molar-refractivity contribution in [3.05, 3.63) is 72.0 Å². The maximum atomic E-state index is 12.9. The predicted octanol–water partition coefficient (Wildman–Crippen LogP) is 3.62. The van der Waals surface area contributed by atoms with Crippen molar-refractivity contribution in [2.45, 2.75) is 6.54 Å². The van der Waals surface area contributed by atoms with Gasteiger partial charge >= 0.3 is 0 Å². The normalized spacial score (nSPS) is 15.0. The Balaban J connectivity index is 1.17. The second-order valence-electron chi connectivity index (χ2n) is 7.48. The lowest BCUT2D eigenvalue weighted by molar-refractivity contribution is 0.0633. The van der Waals surface area contributed by atoms with Gasteiger partial charge in [-0.05, 0) is 18.2 Å². The van der Waals surface area contributed by atoms with Gasteiger partial charge in [-0.3, -0.25) is 9.69 Å². The second-order valence-corrected chi connectivity index (χ2v) is 8.37. The summed E-state index contributed by atoms with van der Waals surface area (Å²) in [7, 11) is 0. The molecule has 0 radical (unpaired) electrons. The van der Waals surface area contributed by atoms with Gasteiger partial charge < -0.3 is 9.47 Å². The molecule has 0 saturated carbocycles. The summed E-state index contributed by atoms with van der Waals surface area (Å²) in [6.07, 6.45) is 3.90. The molecule has 0 atom stereocenters. The summed E-state index contributed by atoms with van der Waals surface area (Å²) < 4.78 is 3.27. The van der Waals surface area contributed by atoms with Gasteiger partial charge in [0.2, 0.25) is 0 Å². The summed E-state index contributed by atoms with van der Waals surface area (Å²) in [5.41, 5.74) is 4.67. The number of piperazine rings is 1. The topological polar surface area (TPSA) is 54.3 Å². The van der Waals surface area contributed by atoms with Crippen LogP contribution in [0.3, 0.4) is 0 Å². The smallest absolute Gasteiger partial charge is 0.253 e. The number of rotatable bonds is 5. The fraction of sp³-hybridized carbons (Fsp3) is 0.261. The lowest BCUT2D eigenvalue weighted by Crippen LogP contribution is -2.49. The highest BCUT2D eigenvalue weighted by Crippen LogP contribution is 2.21. The summed E-state index contributed by atoms with van der Waals surface area (Å²) >= 11 is 1.57. The number of imidazole rings is 1. The van der Waals surface area contributed by atoms with E-state index < -0.39 is 0 Å². The third kappa shape index (κ3) is 3.86. The van der Waals surface area contributed by atoms with Crippen LogP contribution in [0.2, 0.25) is 0 Å². The third-order valence-electron chi connectivity index (χ3n) is 5.64. The SMILES string of the molecule is O=C(c1ccc2ncsc2c1)N1CCN(CCn2ccnc2-c2ccccc2)CC1. The van der Waals surface area contributed by atoms with Crippen LogP contribution in [0.5, 0.6) is 0 Å². The van der Waals surface area contributed by atoms with Crippen LogP contribution in [0.25, 0.3) is 21.6 Å². The molecule has 0 N–H and O–H groups in total. The first-order valence-corrected chi connectivity index (χ1v) is 11.1. The predicted molar refractivity (Wildman–Crippen MR) is 120 cm³/mol. The van der Waals surface area contributed by atoms with E-state index in [1.54, 1.807) is 11.3 Å². The number of benzene rings is 2. The van der Waals surface area contributed by atoms with Crippen LogP contribution in [-0.2, 0) is 6.54 Å². The van der Waals surface area contributed by atoms with Crippen molar-refractivity contribution in [1.29, 1.82) is 0 Å². The Morgan fingerprint density at radius 1 is 0.967 bits per heavy atom. The van der Waals surface area contributed by atoms with Crippen molar-refractivity contribution in [2.75, 3.05) is 32.7 Å². The van der Waals surface area contributed by atoms with E-state index in [9.17, 15) is 4.79 Å². The Hall–Kier alpha value is -3.03. The van der Waals surface area contributed by atoms with Crippen LogP contribution in [-0.4, -0.2) is 63.0 Å². The molecule has 0 spiro atoms. The average molecular weight is 418 g/mol. The molecule has 6 nitrogen and oxygen atoms in total. The fourth-order valence-electron chi connectivity index (χ4n) is 3.93. The number of nitrogens with zero attached hydrogens (tertiary/aromatic N) is 5. The standard InChI is InChI=1S/C23H23N5OS/c29-23(19-6-7-20-21(16-19)30-17-25-20)28-14-11-26(12-15-28)10-13-27-9-8-24-22(27)18-4-2-1-3-5-18/h1-9,16-17H,10-15H2. The van der Waals surface area contributed by atoms with Gasteiger partial charge in [0.1, 0.15) is 5.82 Å². The number of hydrogen-bond acceptors (Lipinski definition) is 5. The molecule has 1 aliphatic rings. The molecular formula is C23H23N5OS. The number of fused-ring (bicyclic) bond motifs is 1. The van der Waals surface area contributed by atoms with Gasteiger partial charge in [0, 0.05) is 62.8 Å². The van der Waals surface area contributed by atoms with Gasteiger partial charge in [-0.25, -0.2) is 9.97 Å². The molecule has 7 heteroatoms. The van der Waals surface area contributed by atoms with E-state index in [-0.39, 0.29) is 5.91 Å². The monoisotopic (exact) mass is 417 g/mol. The zero-order valence-corrected chi connectivity index (χ0v) is 17.5. The Bertz CT molecular complexity index is 1140. The largest absolute Gasteiger partial charge is 0.336 e. The van der Waals surface area contributed by atoms with Crippen LogP contribution in [0.15, 0.2) is 66.4 Å². The van der Waals surface area contributed by atoms with Gasteiger partial charge in [-0.15, -0.1) is 11.3 Å². The molecule has 4 aromatic rings. The zero-order valence-electron chi connectivity index (χ0n) is 16.6. The fourth-order valence-corrected chi connectivity index (χ4v) is 4.65. The van der Waals surface area contributed by atoms with Crippen molar-refractivity contribution in [1.82, 2.24) is 24.3 Å². The van der Waals surface area contributed by atoms with Gasteiger partial charge in [0.25, 0.3) is 5.91 Å². The van der Waals surface area contributed by atoms with Crippen LogP contribution in [0.1, 0.15) is 10.4 Å².